The van der Waals surface area contributed by atoms with Crippen LogP contribution in [0.15, 0.2) is 73.1 Å². The summed E-state index contributed by atoms with van der Waals surface area (Å²) in [6, 6.07) is 15.2. The van der Waals surface area contributed by atoms with E-state index >= 15 is 0 Å². The summed E-state index contributed by atoms with van der Waals surface area (Å²) in [5.41, 5.74) is -0.125. The molecule has 1 amide bonds. The Morgan fingerprint density at radius 3 is 2.52 bits per heavy atom. The number of halogens is 3. The average Bonchev–Trinajstić information content (AvgIpc) is 3.41. The number of nitrogens with zero attached hydrogens (tertiary/aromatic N) is 4. The molecule has 2 aromatic heterocycles. The number of rotatable bonds is 6. The van der Waals surface area contributed by atoms with Crippen molar-refractivity contribution < 1.29 is 22.7 Å². The van der Waals surface area contributed by atoms with Gasteiger partial charge in [0.15, 0.2) is 5.82 Å². The van der Waals surface area contributed by atoms with Crippen molar-refractivity contribution in [1.82, 2.24) is 19.1 Å². The summed E-state index contributed by atoms with van der Waals surface area (Å²) >= 11 is 5.56. The second-order valence-electron chi connectivity index (χ2n) is 7.00. The minimum Gasteiger partial charge on any atom is -0.497 e. The summed E-state index contributed by atoms with van der Waals surface area (Å²) in [5.74, 6) is 0.510. The number of carbonyl (C=O) groups is 1. The average molecular weight is 473 g/mol. The van der Waals surface area contributed by atoms with Gasteiger partial charge in [0.25, 0.3) is 0 Å². The number of nitrogens with one attached hydrogen (secondary N) is 1. The highest BCUT2D eigenvalue weighted by Gasteiger charge is 2.30. The highest BCUT2D eigenvalue weighted by atomic mass is 32.1. The number of amides is 1. The van der Waals surface area contributed by atoms with Crippen LogP contribution in [0.1, 0.15) is 5.56 Å². The zero-order chi connectivity index (χ0) is 23.6. The van der Waals surface area contributed by atoms with Gasteiger partial charge in [-0.3, -0.25) is 9.47 Å². The Balaban J connectivity index is 1.66. The molecule has 4 rings (SSSR count). The molecule has 0 fully saturated rings. The van der Waals surface area contributed by atoms with E-state index in [1.54, 1.807) is 47.1 Å². The molecule has 0 saturated carbocycles. The van der Waals surface area contributed by atoms with E-state index in [-0.39, 0.29) is 17.0 Å². The fourth-order valence-electron chi connectivity index (χ4n) is 3.22. The van der Waals surface area contributed by atoms with E-state index in [0.29, 0.717) is 17.1 Å². The van der Waals surface area contributed by atoms with Crippen molar-refractivity contribution >= 4 is 23.8 Å². The molecular weight excluding hydrogens is 455 g/mol. The van der Waals surface area contributed by atoms with Crippen molar-refractivity contribution in [1.29, 1.82) is 0 Å². The lowest BCUT2D eigenvalue weighted by atomic mass is 10.2. The Morgan fingerprint density at radius 2 is 1.82 bits per heavy atom. The van der Waals surface area contributed by atoms with Crippen LogP contribution >= 0.6 is 12.2 Å². The Bertz CT molecular complexity index is 1340. The number of alkyl halides is 3. The first-order chi connectivity index (χ1) is 15.8. The number of hydrogen-bond acceptors (Lipinski definition) is 4. The minimum absolute atomic E-state index is 0.0270. The lowest BCUT2D eigenvalue weighted by Crippen LogP contribution is -2.20. The van der Waals surface area contributed by atoms with Crippen molar-refractivity contribution in [3.05, 3.63) is 83.4 Å². The van der Waals surface area contributed by atoms with Gasteiger partial charge in [-0.25, -0.2) is 9.36 Å². The zero-order valence-corrected chi connectivity index (χ0v) is 18.1. The summed E-state index contributed by atoms with van der Waals surface area (Å²) in [6.07, 6.45) is -0.965. The number of methoxy groups -OCH3 is 1. The van der Waals surface area contributed by atoms with Crippen molar-refractivity contribution in [3.63, 3.8) is 0 Å². The van der Waals surface area contributed by atoms with Crippen LogP contribution in [0.2, 0.25) is 0 Å². The van der Waals surface area contributed by atoms with Crippen LogP contribution in [0.25, 0.3) is 11.4 Å². The number of hydrogen-bond donors (Lipinski definition) is 1. The van der Waals surface area contributed by atoms with Gasteiger partial charge in [-0.1, -0.05) is 18.2 Å². The summed E-state index contributed by atoms with van der Waals surface area (Å²) in [5, 5.41) is 6.98. The van der Waals surface area contributed by atoms with Gasteiger partial charge < -0.3 is 10.1 Å². The molecule has 0 saturated heterocycles. The summed E-state index contributed by atoms with van der Waals surface area (Å²) < 4.78 is 49.0. The first kappa shape index (κ1) is 22.3. The fourth-order valence-corrected chi connectivity index (χ4v) is 3.51. The van der Waals surface area contributed by atoms with E-state index in [0.717, 1.165) is 12.1 Å². The molecule has 33 heavy (non-hydrogen) atoms. The molecule has 1 N–H and O–H groups in total. The predicted octanol–water partition coefficient (Wildman–Crippen LogP) is 4.86. The Kier molecular flexibility index (Phi) is 6.05. The molecule has 0 aliphatic rings. The van der Waals surface area contributed by atoms with Gasteiger partial charge in [-0.2, -0.15) is 13.2 Å². The van der Waals surface area contributed by atoms with Gasteiger partial charge >= 0.3 is 6.18 Å². The van der Waals surface area contributed by atoms with E-state index in [9.17, 15) is 18.0 Å². The normalized spacial score (nSPS) is 11.4. The van der Waals surface area contributed by atoms with Crippen LogP contribution in [0.3, 0.4) is 0 Å². The molecule has 0 aliphatic carbocycles. The van der Waals surface area contributed by atoms with E-state index in [1.165, 1.54) is 16.8 Å². The Morgan fingerprint density at radius 1 is 1.09 bits per heavy atom. The molecule has 0 atom stereocenters. The molecule has 2 heterocycles. The molecule has 0 unspecified atom stereocenters. The van der Waals surface area contributed by atoms with Gasteiger partial charge in [0.2, 0.25) is 10.7 Å². The number of benzene rings is 2. The maximum absolute atomic E-state index is 12.9. The maximum atomic E-state index is 12.9. The largest absolute Gasteiger partial charge is 0.497 e. The van der Waals surface area contributed by atoms with Gasteiger partial charge in [0, 0.05) is 23.6 Å². The molecule has 2 aromatic carbocycles. The van der Waals surface area contributed by atoms with Crippen LogP contribution in [-0.2, 0) is 17.5 Å². The topological polar surface area (TPSA) is 66.0 Å². The lowest BCUT2D eigenvalue weighted by molar-refractivity contribution is -0.137. The predicted molar refractivity (Wildman–Crippen MR) is 118 cm³/mol. The monoisotopic (exact) mass is 473 g/mol. The van der Waals surface area contributed by atoms with Gasteiger partial charge in [0.1, 0.15) is 12.3 Å². The van der Waals surface area contributed by atoms with Crippen LogP contribution < -0.4 is 10.1 Å². The first-order valence-corrected chi connectivity index (χ1v) is 10.1. The molecule has 170 valence electrons. The molecule has 0 radical (unpaired) electrons. The molecule has 11 heteroatoms. The van der Waals surface area contributed by atoms with E-state index in [1.807, 2.05) is 18.2 Å². The standard InChI is InChI=1S/C22H18F3N5O2S/c1-32-18-9-4-6-15(12-18)20-27-29(21(33)30(20)28-10-2-3-11-28)14-19(31)26-17-8-5-7-16(13-17)22(23,24)25/h2-13H,14H2,1H3,(H,26,31). The van der Waals surface area contributed by atoms with E-state index in [4.69, 9.17) is 17.0 Å². The van der Waals surface area contributed by atoms with Gasteiger partial charge in [-0.05, 0) is 54.7 Å². The molecule has 4 aromatic rings. The molecule has 0 bridgehead atoms. The number of ether oxygens (including phenoxy) is 1. The Labute approximate surface area is 191 Å². The highest BCUT2D eigenvalue weighted by Crippen LogP contribution is 2.30. The summed E-state index contributed by atoms with van der Waals surface area (Å²) in [4.78, 5) is 12.6. The highest BCUT2D eigenvalue weighted by molar-refractivity contribution is 7.71. The fraction of sp³-hybridized carbons (Fsp3) is 0.136. The van der Waals surface area contributed by atoms with Crippen molar-refractivity contribution in [2.24, 2.45) is 0 Å². The van der Waals surface area contributed by atoms with Crippen molar-refractivity contribution in [2.45, 2.75) is 12.7 Å². The number of carbonyl (C=O) groups excluding carboxylic acids is 1. The lowest BCUT2D eigenvalue weighted by Gasteiger charge is -2.10. The summed E-state index contributed by atoms with van der Waals surface area (Å²) in [7, 11) is 1.55. The van der Waals surface area contributed by atoms with E-state index < -0.39 is 17.6 Å². The van der Waals surface area contributed by atoms with Gasteiger partial charge in [0.05, 0.1) is 12.7 Å². The first-order valence-electron chi connectivity index (χ1n) is 9.71. The van der Waals surface area contributed by atoms with E-state index in [2.05, 4.69) is 10.4 Å². The molecule has 7 nitrogen and oxygen atoms in total. The summed E-state index contributed by atoms with van der Waals surface area (Å²) in [6.45, 7) is -0.291. The maximum Gasteiger partial charge on any atom is 0.416 e. The third kappa shape index (κ3) is 4.82. The van der Waals surface area contributed by atoms with Crippen LogP contribution in [0.5, 0.6) is 5.75 Å². The zero-order valence-electron chi connectivity index (χ0n) is 17.3. The molecule has 0 aliphatic heterocycles. The van der Waals surface area contributed by atoms with Crippen LogP contribution in [-0.4, -0.2) is 32.1 Å². The number of anilines is 1. The Hall–Kier alpha value is -3.86. The van der Waals surface area contributed by atoms with Crippen LogP contribution in [0.4, 0.5) is 18.9 Å². The van der Waals surface area contributed by atoms with Gasteiger partial charge in [-0.15, -0.1) is 5.10 Å². The third-order valence-electron chi connectivity index (χ3n) is 4.73. The quantitative estimate of drug-likeness (QED) is 0.406. The minimum atomic E-state index is -4.51. The van der Waals surface area contributed by atoms with Crippen molar-refractivity contribution in [2.75, 3.05) is 12.4 Å². The molecule has 0 spiro atoms. The SMILES string of the molecule is COc1cccc(-c2nn(CC(=O)Nc3cccc(C(F)(F)F)c3)c(=S)n2-n2cccc2)c1. The van der Waals surface area contributed by atoms with Crippen molar-refractivity contribution in [3.8, 4) is 17.1 Å². The second-order valence-corrected chi connectivity index (χ2v) is 7.36. The van der Waals surface area contributed by atoms with Crippen LogP contribution in [0, 0.1) is 4.77 Å². The number of aromatic nitrogens is 4. The second kappa shape index (κ2) is 8.94. The molecular formula is C22H18F3N5O2S. The third-order valence-corrected chi connectivity index (χ3v) is 5.12. The smallest absolute Gasteiger partial charge is 0.416 e.